The molecule has 0 atom stereocenters. The number of nitrogens with two attached hydrogens (primary N) is 1. The third-order valence-corrected chi connectivity index (χ3v) is 6.17. The molecule has 4 rings (SSSR count). The van der Waals surface area contributed by atoms with Gasteiger partial charge >= 0.3 is 6.09 Å². The van der Waals surface area contributed by atoms with Crippen molar-refractivity contribution in [3.63, 3.8) is 0 Å². The van der Waals surface area contributed by atoms with Crippen LogP contribution >= 0.6 is 0 Å². The first kappa shape index (κ1) is 22.1. The van der Waals surface area contributed by atoms with Crippen LogP contribution in [0.15, 0.2) is 41.3 Å². The summed E-state index contributed by atoms with van der Waals surface area (Å²) < 4.78 is 25.9. The summed E-state index contributed by atoms with van der Waals surface area (Å²) >= 11 is 0. The zero-order valence-corrected chi connectivity index (χ0v) is 18.0. The molecule has 3 heterocycles. The number of hydrogen-bond acceptors (Lipinski definition) is 6. The SMILES string of the molecule is NC(=O)OCc1cccc(N2CCC(OC3CCN(c4ccc(=O)[nH]c4)CC3)CC2)c1F. The van der Waals surface area contributed by atoms with Crippen LogP contribution in [0.5, 0.6) is 0 Å². The topological polar surface area (TPSA) is 101 Å². The number of carbonyl (C=O) groups excluding carboxylic acids is 1. The molecule has 3 N–H and O–H groups in total. The van der Waals surface area contributed by atoms with Crippen molar-refractivity contribution in [3.8, 4) is 0 Å². The van der Waals surface area contributed by atoms with E-state index in [0.717, 1.165) is 44.5 Å². The van der Waals surface area contributed by atoms with E-state index >= 15 is 0 Å². The van der Waals surface area contributed by atoms with Crippen molar-refractivity contribution in [2.75, 3.05) is 36.0 Å². The van der Waals surface area contributed by atoms with Gasteiger partial charge in [0.1, 0.15) is 6.61 Å². The normalized spacial score (nSPS) is 18.0. The minimum atomic E-state index is -0.919. The average molecular weight is 445 g/mol. The van der Waals surface area contributed by atoms with Crippen molar-refractivity contribution >= 4 is 17.5 Å². The molecule has 2 saturated heterocycles. The van der Waals surface area contributed by atoms with E-state index < -0.39 is 6.09 Å². The summed E-state index contributed by atoms with van der Waals surface area (Å²) in [6.07, 6.45) is 4.77. The van der Waals surface area contributed by atoms with E-state index in [1.807, 2.05) is 11.0 Å². The first-order chi connectivity index (χ1) is 15.5. The molecule has 8 nitrogen and oxygen atoms in total. The number of H-pyrrole nitrogens is 1. The molecule has 1 aromatic carbocycles. The zero-order valence-electron chi connectivity index (χ0n) is 18.0. The first-order valence-corrected chi connectivity index (χ1v) is 11.0. The Morgan fingerprint density at radius 3 is 2.28 bits per heavy atom. The van der Waals surface area contributed by atoms with E-state index in [4.69, 9.17) is 15.2 Å². The molecule has 2 fully saturated rings. The summed E-state index contributed by atoms with van der Waals surface area (Å²) in [6, 6.07) is 8.50. The maximum Gasteiger partial charge on any atom is 0.404 e. The summed E-state index contributed by atoms with van der Waals surface area (Å²) in [6.45, 7) is 3.02. The van der Waals surface area contributed by atoms with Gasteiger partial charge in [-0.1, -0.05) is 12.1 Å². The lowest BCUT2D eigenvalue weighted by Gasteiger charge is -2.38. The number of pyridine rings is 1. The molecule has 0 saturated carbocycles. The molecule has 2 aliphatic rings. The number of amides is 1. The molecule has 1 aromatic heterocycles. The second kappa shape index (κ2) is 10.0. The summed E-state index contributed by atoms with van der Waals surface area (Å²) in [5.41, 5.74) is 6.75. The molecule has 32 heavy (non-hydrogen) atoms. The van der Waals surface area contributed by atoms with E-state index in [2.05, 4.69) is 9.88 Å². The minimum absolute atomic E-state index is 0.0936. The Labute approximate surface area is 186 Å². The van der Waals surface area contributed by atoms with Crippen LogP contribution in [-0.2, 0) is 16.1 Å². The van der Waals surface area contributed by atoms with Crippen molar-refractivity contribution in [1.82, 2.24) is 4.98 Å². The van der Waals surface area contributed by atoms with Crippen LogP contribution in [0.25, 0.3) is 0 Å². The van der Waals surface area contributed by atoms with Crippen LogP contribution in [0, 0.1) is 5.82 Å². The maximum absolute atomic E-state index is 14.8. The number of anilines is 2. The van der Waals surface area contributed by atoms with Crippen LogP contribution in [0.4, 0.5) is 20.6 Å². The highest BCUT2D eigenvalue weighted by molar-refractivity contribution is 5.64. The van der Waals surface area contributed by atoms with Gasteiger partial charge in [0.05, 0.1) is 23.6 Å². The Hall–Kier alpha value is -3.07. The van der Waals surface area contributed by atoms with Crippen LogP contribution in [0.3, 0.4) is 0 Å². The number of ether oxygens (including phenoxy) is 2. The lowest BCUT2D eigenvalue weighted by atomic mass is 10.0. The second-order valence-electron chi connectivity index (χ2n) is 8.28. The summed E-state index contributed by atoms with van der Waals surface area (Å²) in [5, 5.41) is 0. The Morgan fingerprint density at radius 1 is 1.03 bits per heavy atom. The van der Waals surface area contributed by atoms with Gasteiger partial charge in [-0.05, 0) is 37.8 Å². The first-order valence-electron chi connectivity index (χ1n) is 11.0. The Bertz CT molecular complexity index is 962. The number of carbonyl (C=O) groups is 1. The van der Waals surface area contributed by atoms with Gasteiger partial charge in [0.25, 0.3) is 0 Å². The van der Waals surface area contributed by atoms with Crippen molar-refractivity contribution < 1.29 is 18.7 Å². The van der Waals surface area contributed by atoms with Crippen molar-refractivity contribution in [3.05, 3.63) is 58.3 Å². The second-order valence-corrected chi connectivity index (χ2v) is 8.28. The number of halogens is 1. The zero-order chi connectivity index (χ0) is 22.5. The monoisotopic (exact) mass is 444 g/mol. The molecular weight excluding hydrogens is 415 g/mol. The number of hydrogen-bond donors (Lipinski definition) is 2. The summed E-state index contributed by atoms with van der Waals surface area (Å²) in [7, 11) is 0. The molecule has 0 unspecified atom stereocenters. The van der Waals surface area contributed by atoms with Gasteiger partial charge in [-0.15, -0.1) is 0 Å². The van der Waals surface area contributed by atoms with E-state index in [1.54, 1.807) is 30.5 Å². The Balaban J connectivity index is 1.25. The molecule has 0 spiro atoms. The number of piperidine rings is 2. The molecule has 0 radical (unpaired) electrons. The number of aromatic nitrogens is 1. The van der Waals surface area contributed by atoms with Gasteiger partial charge in [0.15, 0.2) is 5.82 Å². The van der Waals surface area contributed by atoms with Crippen molar-refractivity contribution in [2.24, 2.45) is 5.73 Å². The van der Waals surface area contributed by atoms with Gasteiger partial charge in [-0.2, -0.15) is 0 Å². The van der Waals surface area contributed by atoms with Crippen LogP contribution < -0.4 is 21.1 Å². The third-order valence-electron chi connectivity index (χ3n) is 6.17. The predicted molar refractivity (Wildman–Crippen MR) is 119 cm³/mol. The summed E-state index contributed by atoms with van der Waals surface area (Å²) in [5.74, 6) is -0.372. The number of aromatic amines is 1. The van der Waals surface area contributed by atoms with E-state index in [9.17, 15) is 14.0 Å². The average Bonchev–Trinajstić information content (AvgIpc) is 2.80. The fourth-order valence-electron chi connectivity index (χ4n) is 4.42. The fraction of sp³-hybridized carbons (Fsp3) is 0.478. The Morgan fingerprint density at radius 2 is 1.69 bits per heavy atom. The van der Waals surface area contributed by atoms with Gasteiger partial charge < -0.3 is 30.0 Å². The van der Waals surface area contributed by atoms with Gasteiger partial charge in [-0.25, -0.2) is 9.18 Å². The highest BCUT2D eigenvalue weighted by Gasteiger charge is 2.27. The lowest BCUT2D eigenvalue weighted by Crippen LogP contribution is -2.42. The number of primary amides is 1. The lowest BCUT2D eigenvalue weighted by molar-refractivity contribution is -0.0338. The largest absolute Gasteiger partial charge is 0.445 e. The molecular formula is C23H29FN4O4. The number of nitrogens with zero attached hydrogens (tertiary/aromatic N) is 2. The molecule has 2 aromatic rings. The van der Waals surface area contributed by atoms with E-state index in [1.165, 1.54) is 0 Å². The van der Waals surface area contributed by atoms with Crippen LogP contribution in [0.2, 0.25) is 0 Å². The molecule has 0 bridgehead atoms. The molecule has 1 amide bonds. The quantitative estimate of drug-likeness (QED) is 0.711. The van der Waals surface area contributed by atoms with Crippen LogP contribution in [0.1, 0.15) is 31.2 Å². The smallest absolute Gasteiger partial charge is 0.404 e. The van der Waals surface area contributed by atoms with Gasteiger partial charge in [-0.3, -0.25) is 4.79 Å². The fourth-order valence-corrected chi connectivity index (χ4v) is 4.42. The molecule has 0 aliphatic carbocycles. The van der Waals surface area contributed by atoms with Gasteiger partial charge in [0, 0.05) is 44.0 Å². The predicted octanol–water partition coefficient (Wildman–Crippen LogP) is 2.76. The molecule has 2 aliphatic heterocycles. The highest BCUT2D eigenvalue weighted by atomic mass is 19.1. The minimum Gasteiger partial charge on any atom is -0.445 e. The van der Waals surface area contributed by atoms with Gasteiger partial charge in [0.2, 0.25) is 5.56 Å². The highest BCUT2D eigenvalue weighted by Crippen LogP contribution is 2.28. The number of benzene rings is 1. The molecule has 9 heteroatoms. The van der Waals surface area contributed by atoms with Crippen molar-refractivity contribution in [1.29, 1.82) is 0 Å². The van der Waals surface area contributed by atoms with E-state index in [-0.39, 0.29) is 30.2 Å². The standard InChI is InChI=1S/C23H29FN4O4/c24-22-16(15-31-23(25)30)2-1-3-20(22)28-12-8-19(9-13-28)32-18-6-10-27(11-7-18)17-4-5-21(29)26-14-17/h1-5,14,18-19H,6-13,15H2,(H2,25,30)(H,26,29). The number of rotatable bonds is 6. The van der Waals surface area contributed by atoms with Crippen molar-refractivity contribution in [2.45, 2.75) is 44.5 Å². The maximum atomic E-state index is 14.8. The third kappa shape index (κ3) is 5.40. The number of nitrogens with one attached hydrogen (secondary N) is 1. The Kier molecular flexibility index (Phi) is 6.94. The summed E-state index contributed by atoms with van der Waals surface area (Å²) in [4.78, 5) is 29.0. The molecule has 172 valence electrons. The van der Waals surface area contributed by atoms with E-state index in [0.29, 0.717) is 24.3 Å². The van der Waals surface area contributed by atoms with Crippen LogP contribution in [-0.4, -0.2) is 49.5 Å².